The van der Waals surface area contributed by atoms with Crippen LogP contribution in [0.2, 0.25) is 0 Å². The van der Waals surface area contributed by atoms with Crippen LogP contribution >= 0.6 is 15.9 Å². The van der Waals surface area contributed by atoms with Crippen molar-refractivity contribution in [2.24, 2.45) is 10.1 Å². The van der Waals surface area contributed by atoms with E-state index >= 15 is 0 Å². The summed E-state index contributed by atoms with van der Waals surface area (Å²) >= 11 is 3.51. The van der Waals surface area contributed by atoms with Crippen molar-refractivity contribution in [3.63, 3.8) is 0 Å². The van der Waals surface area contributed by atoms with Crippen molar-refractivity contribution in [3.05, 3.63) is 134 Å². The van der Waals surface area contributed by atoms with Crippen molar-refractivity contribution < 1.29 is 28.8 Å². The van der Waals surface area contributed by atoms with Gasteiger partial charge in [0.15, 0.2) is 23.1 Å². The average Bonchev–Trinajstić information content (AvgIpc) is 3.73. The van der Waals surface area contributed by atoms with Crippen molar-refractivity contribution in [1.29, 1.82) is 0 Å². The zero-order chi connectivity index (χ0) is 32.6. The van der Waals surface area contributed by atoms with Crippen LogP contribution in [0.4, 0.5) is 0 Å². The molecule has 47 heavy (non-hydrogen) atoms. The van der Waals surface area contributed by atoms with E-state index in [0.717, 1.165) is 21.2 Å². The van der Waals surface area contributed by atoms with Gasteiger partial charge in [-0.05, 0) is 76.3 Å². The Hall–Kier alpha value is -5.03. The maximum Gasteiger partial charge on any atom is 0.252 e. The fourth-order valence-electron chi connectivity index (χ4n) is 5.60. The number of hydrogen-bond acceptors (Lipinski definition) is 8. The van der Waals surface area contributed by atoms with Crippen LogP contribution in [-0.4, -0.2) is 42.5 Å². The molecule has 0 unspecified atom stereocenters. The molecule has 12 heteroatoms. The van der Waals surface area contributed by atoms with Crippen LogP contribution in [0.1, 0.15) is 40.3 Å². The average molecular weight is 699 g/mol. The summed E-state index contributed by atoms with van der Waals surface area (Å²) in [5.41, 5.74) is 11.5. The van der Waals surface area contributed by atoms with Gasteiger partial charge >= 0.3 is 0 Å². The quantitative estimate of drug-likeness (QED) is 0.0699. The molecule has 1 amide bonds. The molecule has 0 saturated heterocycles. The molecular formula is C35H32BrN5O6. The van der Waals surface area contributed by atoms with Crippen LogP contribution in [0.25, 0.3) is 10.4 Å². The van der Waals surface area contributed by atoms with E-state index in [1.54, 1.807) is 12.1 Å². The molecule has 2 N–H and O–H groups in total. The topological polar surface area (TPSA) is 147 Å². The third-order valence-electron chi connectivity index (χ3n) is 7.95. The molecule has 0 aliphatic carbocycles. The molecule has 0 aromatic heterocycles. The Balaban J connectivity index is 1.41. The van der Waals surface area contributed by atoms with Crippen molar-refractivity contribution in [1.82, 2.24) is 5.32 Å². The van der Waals surface area contributed by atoms with Crippen LogP contribution in [-0.2, 0) is 29.0 Å². The standard InChI is InChI=1S/C35H32BrN5O6/c36-27-11-6-23(7-12-27)19-35(34(43)38-20-24-8-15-30-31(18-24)46-22-45-30)32(29-5-2-1-4-26(29)21-39-41-37)47-33(40-35)25-9-13-28(14-10-25)44-17-3-16-42/h1-2,4-15,18,32,42H,3,16-17,19-22H2,(H,38,43)/t32-,35-/m1/s1. The number of amides is 1. The van der Waals surface area contributed by atoms with E-state index in [2.05, 4.69) is 31.3 Å². The lowest BCUT2D eigenvalue weighted by atomic mass is 9.80. The number of ether oxygens (including phenoxy) is 4. The first-order valence-electron chi connectivity index (χ1n) is 15.1. The minimum absolute atomic E-state index is 0.0441. The summed E-state index contributed by atoms with van der Waals surface area (Å²) in [6.45, 7) is 0.882. The highest BCUT2D eigenvalue weighted by atomic mass is 79.9. The van der Waals surface area contributed by atoms with Crippen LogP contribution in [0.15, 0.2) is 106 Å². The van der Waals surface area contributed by atoms with Crippen molar-refractivity contribution in [3.8, 4) is 17.2 Å². The molecule has 11 nitrogen and oxygen atoms in total. The van der Waals surface area contributed by atoms with Gasteiger partial charge in [0.1, 0.15) is 5.75 Å². The summed E-state index contributed by atoms with van der Waals surface area (Å²) in [6.07, 6.45) is -0.114. The van der Waals surface area contributed by atoms with Gasteiger partial charge in [-0.25, -0.2) is 4.99 Å². The van der Waals surface area contributed by atoms with Crippen LogP contribution in [0.5, 0.6) is 17.2 Å². The van der Waals surface area contributed by atoms with Crippen molar-refractivity contribution in [2.45, 2.75) is 37.6 Å². The fourth-order valence-corrected chi connectivity index (χ4v) is 5.87. The van der Waals surface area contributed by atoms with E-state index < -0.39 is 11.6 Å². The number of fused-ring (bicyclic) bond motifs is 1. The molecule has 2 aliphatic heterocycles. The Morgan fingerprint density at radius 2 is 1.81 bits per heavy atom. The van der Waals surface area contributed by atoms with Crippen LogP contribution < -0.4 is 19.5 Å². The summed E-state index contributed by atoms with van der Waals surface area (Å²) in [4.78, 5) is 22.7. The highest BCUT2D eigenvalue weighted by molar-refractivity contribution is 9.10. The minimum atomic E-state index is -1.44. The summed E-state index contributed by atoms with van der Waals surface area (Å²) in [5, 5.41) is 16.0. The van der Waals surface area contributed by atoms with E-state index in [9.17, 15) is 4.79 Å². The molecule has 4 aromatic rings. The van der Waals surface area contributed by atoms with Crippen molar-refractivity contribution in [2.75, 3.05) is 20.0 Å². The van der Waals surface area contributed by atoms with E-state index in [0.29, 0.717) is 47.3 Å². The Morgan fingerprint density at radius 1 is 1.04 bits per heavy atom. The first-order valence-corrected chi connectivity index (χ1v) is 15.9. The second-order valence-corrected chi connectivity index (χ2v) is 12.0. The zero-order valence-electron chi connectivity index (χ0n) is 25.3. The smallest absolute Gasteiger partial charge is 0.252 e. The number of nitrogens with one attached hydrogen (secondary N) is 1. The lowest BCUT2D eigenvalue weighted by Gasteiger charge is -2.32. The van der Waals surface area contributed by atoms with Crippen LogP contribution in [0, 0.1) is 0 Å². The van der Waals surface area contributed by atoms with Crippen molar-refractivity contribution >= 4 is 27.7 Å². The van der Waals surface area contributed by atoms with Gasteiger partial charge in [-0.1, -0.05) is 63.5 Å². The molecule has 0 radical (unpaired) electrons. The number of aliphatic hydroxyl groups is 1. The molecule has 2 atom stereocenters. The number of carbonyl (C=O) groups excluding carboxylic acids is 1. The van der Waals surface area contributed by atoms with E-state index in [4.69, 9.17) is 34.6 Å². The highest BCUT2D eigenvalue weighted by Gasteiger charge is 2.53. The fraction of sp³-hybridized carbons (Fsp3) is 0.257. The third kappa shape index (κ3) is 7.20. The van der Waals surface area contributed by atoms with Crippen LogP contribution in [0.3, 0.4) is 0 Å². The summed E-state index contributed by atoms with van der Waals surface area (Å²) in [6, 6.07) is 28.0. The number of azide groups is 1. The second-order valence-electron chi connectivity index (χ2n) is 11.1. The lowest BCUT2D eigenvalue weighted by molar-refractivity contribution is -0.129. The molecule has 6 rings (SSSR count). The number of halogens is 1. The maximum atomic E-state index is 14.6. The van der Waals surface area contributed by atoms with Gasteiger partial charge in [0, 0.05) is 40.9 Å². The molecule has 0 bridgehead atoms. The van der Waals surface area contributed by atoms with Gasteiger partial charge in [0.2, 0.25) is 12.7 Å². The van der Waals surface area contributed by atoms with E-state index in [1.165, 1.54) is 0 Å². The highest BCUT2D eigenvalue weighted by Crippen LogP contribution is 2.44. The Bertz CT molecular complexity index is 1810. The Morgan fingerprint density at radius 3 is 2.60 bits per heavy atom. The van der Waals surface area contributed by atoms with E-state index in [-0.39, 0.29) is 38.8 Å². The number of carbonyl (C=O) groups is 1. The largest absolute Gasteiger partial charge is 0.494 e. The second kappa shape index (κ2) is 14.6. The van der Waals surface area contributed by atoms with Gasteiger partial charge in [0.05, 0.1) is 13.2 Å². The monoisotopic (exact) mass is 697 g/mol. The number of hydrogen-bond donors (Lipinski definition) is 2. The molecule has 0 spiro atoms. The molecule has 2 aliphatic rings. The first-order chi connectivity index (χ1) is 23.0. The van der Waals surface area contributed by atoms with Gasteiger partial charge in [-0.2, -0.15) is 0 Å². The minimum Gasteiger partial charge on any atom is -0.494 e. The number of aliphatic imine (C=N–C) groups is 1. The Labute approximate surface area is 279 Å². The number of aliphatic hydroxyl groups excluding tert-OH is 1. The normalized spacial score (nSPS) is 17.7. The molecule has 240 valence electrons. The first kappa shape index (κ1) is 31.9. The number of rotatable bonds is 13. The number of benzene rings is 4. The third-order valence-corrected chi connectivity index (χ3v) is 8.48. The molecule has 0 saturated carbocycles. The molecule has 2 heterocycles. The predicted octanol–water partition coefficient (Wildman–Crippen LogP) is 6.57. The zero-order valence-corrected chi connectivity index (χ0v) is 26.9. The van der Waals surface area contributed by atoms with E-state index in [1.807, 2.05) is 78.9 Å². The number of nitrogens with zero attached hydrogens (tertiary/aromatic N) is 4. The summed E-state index contributed by atoms with van der Waals surface area (Å²) in [5.74, 6) is 1.89. The molecular weight excluding hydrogens is 666 g/mol. The van der Waals surface area contributed by atoms with Gasteiger partial charge in [-0.15, -0.1) is 0 Å². The Kier molecular flexibility index (Phi) is 9.92. The lowest BCUT2D eigenvalue weighted by Crippen LogP contribution is -2.49. The molecule has 0 fully saturated rings. The van der Waals surface area contributed by atoms with Gasteiger partial charge in [-0.3, -0.25) is 4.79 Å². The molecule has 4 aromatic carbocycles. The predicted molar refractivity (Wildman–Crippen MR) is 178 cm³/mol. The summed E-state index contributed by atoms with van der Waals surface area (Å²) in [7, 11) is 0. The van der Waals surface area contributed by atoms with Gasteiger partial charge in [0.25, 0.3) is 5.91 Å². The SMILES string of the molecule is [N-]=[N+]=NCc1ccccc1[C@H]1OC(c2ccc(OCCCO)cc2)=N[C@@]1(Cc1ccc(Br)cc1)C(=O)NCc1ccc2c(c1)OCO2. The summed E-state index contributed by atoms with van der Waals surface area (Å²) < 4.78 is 24.3. The van der Waals surface area contributed by atoms with Gasteiger partial charge < -0.3 is 29.4 Å². The maximum absolute atomic E-state index is 14.6.